The summed E-state index contributed by atoms with van der Waals surface area (Å²) in [6.45, 7) is 0. The van der Waals surface area contributed by atoms with Gasteiger partial charge in [-0.2, -0.15) is 0 Å². The van der Waals surface area contributed by atoms with Crippen LogP contribution in [0.3, 0.4) is 0 Å². The average molecular weight is 432 g/mol. The molecule has 0 rings (SSSR count). The van der Waals surface area contributed by atoms with Gasteiger partial charge in [-0.1, -0.05) is 0 Å². The van der Waals surface area contributed by atoms with Crippen LogP contribution in [0, 0.1) is 0 Å². The fourth-order valence-corrected chi connectivity index (χ4v) is 0. The molecule has 0 heterocycles. The summed E-state index contributed by atoms with van der Waals surface area (Å²) in [4.78, 5) is 0. The predicted octanol–water partition coefficient (Wildman–Crippen LogP) is -1.15. The second-order valence-corrected chi connectivity index (χ2v) is 0. The molecule has 0 saturated heterocycles. The molecule has 11 radical (unpaired) electrons. The normalized spacial score (nSPS) is 0. The summed E-state index contributed by atoms with van der Waals surface area (Å²) in [7, 11) is 0. The van der Waals surface area contributed by atoms with Gasteiger partial charge in [-0.15, -0.1) is 0 Å². The molecule has 0 aromatic heterocycles. The van der Waals surface area contributed by atoms with Crippen LogP contribution in [0.25, 0.3) is 0 Å². The van der Waals surface area contributed by atoms with E-state index in [0.29, 0.717) is 0 Å². The Morgan fingerprint density at radius 2 is 1.00 bits per heavy atom. The van der Waals surface area contributed by atoms with Crippen LogP contribution >= 0.6 is 0 Å². The van der Waals surface area contributed by atoms with Crippen molar-refractivity contribution < 1.29 is 36.5 Å². The summed E-state index contributed by atoms with van der Waals surface area (Å²) in [6.07, 6.45) is 0. The maximum absolute atomic E-state index is 0. The van der Waals surface area contributed by atoms with Crippen molar-refractivity contribution in [1.29, 1.82) is 0 Å². The molecule has 0 nitrogen and oxygen atoms in total. The first-order chi connectivity index (χ1) is 0. The van der Waals surface area contributed by atoms with E-state index >= 15 is 0 Å². The van der Waals surface area contributed by atoms with E-state index in [4.69, 9.17) is 0 Å². The van der Waals surface area contributed by atoms with Crippen molar-refractivity contribution in [2.45, 2.75) is 0 Å². The molecule has 0 atom stereocenters. The standard InChI is InChI=1S/Cu.Ga.In.Sn.Zn. The van der Waals surface area contributed by atoms with Gasteiger partial charge in [0.25, 0.3) is 0 Å². The molecule has 0 unspecified atom stereocenters. The van der Waals surface area contributed by atoms with E-state index in [0.717, 1.165) is 0 Å². The van der Waals surface area contributed by atoms with Crippen molar-refractivity contribution in [3.05, 3.63) is 0 Å². The van der Waals surface area contributed by atoms with Crippen molar-refractivity contribution in [1.82, 2.24) is 0 Å². The molecule has 0 aliphatic heterocycles. The first-order valence-corrected chi connectivity index (χ1v) is 0. The fourth-order valence-electron chi connectivity index (χ4n) is 0. The molecule has 0 aromatic rings. The molecule has 0 N–H and O–H groups in total. The number of hydrogen-bond acceptors (Lipinski definition) is 0. The first kappa shape index (κ1) is 39.4. The Hall–Kier alpha value is 3.45. The Morgan fingerprint density at radius 1 is 1.00 bits per heavy atom. The Labute approximate surface area is 104 Å². The molecule has 0 aliphatic carbocycles. The van der Waals surface area contributed by atoms with E-state index in [9.17, 15) is 0 Å². The van der Waals surface area contributed by atoms with E-state index in [-0.39, 0.29) is 106 Å². The minimum atomic E-state index is 0. The van der Waals surface area contributed by atoms with Crippen LogP contribution in [0.4, 0.5) is 0 Å². The molecule has 0 spiro atoms. The molecular weight excluding hydrogens is 432 g/mol. The molecule has 0 aliphatic rings. The van der Waals surface area contributed by atoms with Crippen molar-refractivity contribution in [2.24, 2.45) is 0 Å². The quantitative estimate of drug-likeness (QED) is 0.425. The predicted molar refractivity (Wildman–Crippen MR) is 17.3 cm³/mol. The van der Waals surface area contributed by atoms with Gasteiger partial charge in [-0.25, -0.2) is 0 Å². The number of hydrogen-bond donors (Lipinski definition) is 0. The third kappa shape index (κ3) is 18.6. The van der Waals surface area contributed by atoms with E-state index in [2.05, 4.69) is 0 Å². The van der Waals surface area contributed by atoms with Gasteiger partial charge in [-0.05, 0) is 0 Å². The fraction of sp³-hybridized carbons (Fsp3) is 0. The van der Waals surface area contributed by atoms with Gasteiger partial charge in [-0.3, -0.25) is 0 Å². The Kier molecular flexibility index (Phi) is 205. The van der Waals surface area contributed by atoms with Crippen molar-refractivity contribution in [3.63, 3.8) is 0 Å². The van der Waals surface area contributed by atoms with Crippen LogP contribution in [0.5, 0.6) is 0 Å². The first-order valence-electron chi connectivity index (χ1n) is 0. The maximum atomic E-state index is 0. The molecule has 0 bridgehead atoms. The van der Waals surface area contributed by atoms with Crippen molar-refractivity contribution >= 4 is 69.5 Å². The minimum Gasteiger partial charge on any atom is 0 e. The van der Waals surface area contributed by atoms with Gasteiger partial charge < -0.3 is 0 Å². The van der Waals surface area contributed by atoms with Crippen LogP contribution in [0.2, 0.25) is 0 Å². The van der Waals surface area contributed by atoms with E-state index in [1.807, 2.05) is 0 Å². The van der Waals surface area contributed by atoms with E-state index in [1.165, 1.54) is 0 Å². The Balaban J connectivity index is 0. The average Bonchev–Trinajstić information content (AvgIpc) is 0. The largest absolute Gasteiger partial charge is 0 e. The zero-order valence-corrected chi connectivity index (χ0v) is 15.1. The van der Waals surface area contributed by atoms with Crippen LogP contribution in [0.1, 0.15) is 0 Å². The van der Waals surface area contributed by atoms with Gasteiger partial charge in [0.2, 0.25) is 0 Å². The summed E-state index contributed by atoms with van der Waals surface area (Å²) >= 11 is 0. The summed E-state index contributed by atoms with van der Waals surface area (Å²) in [5.74, 6) is 0. The van der Waals surface area contributed by atoms with E-state index < -0.39 is 0 Å². The maximum Gasteiger partial charge on any atom is 0 e. The van der Waals surface area contributed by atoms with Gasteiger partial charge in [0, 0.05) is 106 Å². The van der Waals surface area contributed by atoms with Gasteiger partial charge in [0.15, 0.2) is 0 Å². The molecule has 0 aromatic carbocycles. The third-order valence-corrected chi connectivity index (χ3v) is 0. The molecule has 5 heavy (non-hydrogen) atoms. The summed E-state index contributed by atoms with van der Waals surface area (Å²) < 4.78 is 0. The zero-order valence-electron chi connectivity index (χ0n) is 2.66. The summed E-state index contributed by atoms with van der Waals surface area (Å²) in [5, 5.41) is 0. The summed E-state index contributed by atoms with van der Waals surface area (Å²) in [5.41, 5.74) is 0. The molecular formula is CuGaInSnZn. The van der Waals surface area contributed by atoms with Crippen molar-refractivity contribution in [2.75, 3.05) is 0 Å². The second-order valence-electron chi connectivity index (χ2n) is 0. The Bertz CT molecular complexity index is 11.6. The Morgan fingerprint density at radius 3 is 1.00 bits per heavy atom. The monoisotopic (exact) mass is 431 g/mol. The van der Waals surface area contributed by atoms with Crippen molar-refractivity contribution in [3.8, 4) is 0 Å². The van der Waals surface area contributed by atoms with Crippen LogP contribution in [-0.2, 0) is 36.5 Å². The molecule has 5 heteroatoms. The topological polar surface area (TPSA) is 0 Å². The molecule has 0 saturated carbocycles. The second kappa shape index (κ2) is 26.0. The van der Waals surface area contributed by atoms with E-state index in [1.54, 1.807) is 0 Å². The summed E-state index contributed by atoms with van der Waals surface area (Å²) in [6, 6.07) is 0. The SMILES string of the molecule is [Cu].[Ga].[In].[Sn].[Zn]. The minimum absolute atomic E-state index is 0. The molecule has 23 valence electrons. The van der Waals surface area contributed by atoms with Gasteiger partial charge in [0.05, 0.1) is 0 Å². The van der Waals surface area contributed by atoms with Gasteiger partial charge >= 0.3 is 0 Å². The number of rotatable bonds is 0. The molecule has 0 amide bonds. The third-order valence-electron chi connectivity index (χ3n) is 0. The smallest absolute Gasteiger partial charge is 0 e. The van der Waals surface area contributed by atoms with Crippen LogP contribution in [0.15, 0.2) is 0 Å². The zero-order chi connectivity index (χ0) is 0. The van der Waals surface area contributed by atoms with Crippen LogP contribution < -0.4 is 0 Å². The molecule has 0 fully saturated rings. The van der Waals surface area contributed by atoms with Crippen LogP contribution in [-0.4, -0.2) is 69.5 Å². The van der Waals surface area contributed by atoms with Gasteiger partial charge in [0.1, 0.15) is 0 Å².